The Morgan fingerprint density at radius 2 is 1.74 bits per heavy atom. The molecule has 8 atom stereocenters. The average molecular weight is 473 g/mol. The van der Waals surface area contributed by atoms with Gasteiger partial charge in [-0.1, -0.05) is 79.4 Å². The standard InChI is InChI=1S/C31H52O3/c1-9-26(32)31-23-13-14-25-28(5,6)27(33)16-17-29(25,7)22(23)15-18-30(31,8)24(19-34-31)21(4)12-10-11-20(2)3/h9,20-21,24-27,32-33H,1,10-19H2,2-8H3. The lowest BCUT2D eigenvalue weighted by Gasteiger charge is -2.62. The highest BCUT2D eigenvalue weighted by Crippen LogP contribution is 2.69. The van der Waals surface area contributed by atoms with E-state index in [1.165, 1.54) is 24.8 Å². The fraction of sp³-hybridized carbons (Fsp3) is 0.871. The van der Waals surface area contributed by atoms with Crippen LogP contribution in [0.1, 0.15) is 106 Å². The lowest BCUT2D eigenvalue weighted by atomic mass is 9.44. The van der Waals surface area contributed by atoms with Crippen molar-refractivity contribution in [3.63, 3.8) is 0 Å². The second-order valence-corrected chi connectivity index (χ2v) is 13.9. The fourth-order valence-corrected chi connectivity index (χ4v) is 9.36. The van der Waals surface area contributed by atoms with Crippen molar-refractivity contribution in [2.75, 3.05) is 6.61 Å². The molecule has 0 aromatic carbocycles. The zero-order valence-electron chi connectivity index (χ0n) is 23.1. The molecular weight excluding hydrogens is 420 g/mol. The maximum atomic E-state index is 11.6. The van der Waals surface area contributed by atoms with E-state index in [2.05, 4.69) is 55.0 Å². The van der Waals surface area contributed by atoms with E-state index in [1.54, 1.807) is 11.6 Å². The molecule has 2 fully saturated rings. The number of fused-ring (bicyclic) bond motifs is 4. The molecular formula is C31H52O3. The van der Waals surface area contributed by atoms with Crippen LogP contribution in [0.25, 0.3) is 0 Å². The lowest BCUT2D eigenvalue weighted by Crippen LogP contribution is -2.61. The van der Waals surface area contributed by atoms with Crippen LogP contribution in [-0.4, -0.2) is 34.6 Å². The van der Waals surface area contributed by atoms with Crippen molar-refractivity contribution in [2.45, 2.75) is 124 Å². The monoisotopic (exact) mass is 472 g/mol. The molecule has 4 aliphatic rings. The Bertz CT molecular complexity index is 811. The van der Waals surface area contributed by atoms with Crippen molar-refractivity contribution in [1.29, 1.82) is 0 Å². The Balaban J connectivity index is 1.74. The molecule has 0 aromatic rings. The first kappa shape index (κ1) is 26.4. The molecule has 0 spiro atoms. The van der Waals surface area contributed by atoms with Crippen LogP contribution in [0, 0.1) is 39.9 Å². The van der Waals surface area contributed by atoms with Crippen LogP contribution >= 0.6 is 0 Å². The number of aliphatic hydroxyl groups excluding tert-OH is 2. The smallest absolute Gasteiger partial charge is 0.124 e. The van der Waals surface area contributed by atoms with Gasteiger partial charge >= 0.3 is 0 Å². The first-order valence-electron chi connectivity index (χ1n) is 14.2. The number of aliphatic hydroxyl groups is 2. The Morgan fingerprint density at radius 3 is 2.38 bits per heavy atom. The molecule has 194 valence electrons. The van der Waals surface area contributed by atoms with E-state index in [4.69, 9.17) is 4.74 Å². The highest BCUT2D eigenvalue weighted by Gasteiger charge is 2.68. The largest absolute Gasteiger partial charge is 0.393 e. The van der Waals surface area contributed by atoms with Gasteiger partial charge in [-0.15, -0.1) is 6.58 Å². The summed E-state index contributed by atoms with van der Waals surface area (Å²) in [4.78, 5) is 0. The number of allylic oxidation sites excluding steroid dienone is 1. The predicted octanol–water partition coefficient (Wildman–Crippen LogP) is 7.07. The van der Waals surface area contributed by atoms with E-state index in [0.717, 1.165) is 51.0 Å². The van der Waals surface area contributed by atoms with Gasteiger partial charge in [0.15, 0.2) is 0 Å². The van der Waals surface area contributed by atoms with Gasteiger partial charge in [0.2, 0.25) is 0 Å². The highest BCUT2D eigenvalue weighted by molar-refractivity contribution is 5.43. The Hall–Kier alpha value is -0.640. The predicted molar refractivity (Wildman–Crippen MR) is 140 cm³/mol. The topological polar surface area (TPSA) is 49.7 Å². The summed E-state index contributed by atoms with van der Waals surface area (Å²) in [7, 11) is 0. The van der Waals surface area contributed by atoms with Gasteiger partial charge in [0, 0.05) is 5.41 Å². The Labute approximate surface area is 209 Å². The van der Waals surface area contributed by atoms with E-state index < -0.39 is 11.7 Å². The fourth-order valence-electron chi connectivity index (χ4n) is 9.36. The molecule has 0 radical (unpaired) electrons. The minimum Gasteiger partial charge on any atom is -0.393 e. The molecule has 1 heterocycles. The van der Waals surface area contributed by atoms with Gasteiger partial charge in [0.05, 0.1) is 12.7 Å². The van der Waals surface area contributed by atoms with E-state index in [1.807, 2.05) is 0 Å². The zero-order valence-corrected chi connectivity index (χ0v) is 23.1. The maximum absolute atomic E-state index is 11.6. The van der Waals surface area contributed by atoms with Crippen molar-refractivity contribution >= 4 is 0 Å². The summed E-state index contributed by atoms with van der Waals surface area (Å²) >= 11 is 0. The van der Waals surface area contributed by atoms with Crippen LogP contribution in [-0.2, 0) is 4.74 Å². The highest BCUT2D eigenvalue weighted by atomic mass is 16.5. The van der Waals surface area contributed by atoms with Gasteiger partial charge in [-0.25, -0.2) is 0 Å². The van der Waals surface area contributed by atoms with Gasteiger partial charge in [-0.05, 0) is 78.6 Å². The second-order valence-electron chi connectivity index (χ2n) is 13.9. The molecule has 3 nitrogen and oxygen atoms in total. The van der Waals surface area contributed by atoms with Gasteiger partial charge in [-0.3, -0.25) is 0 Å². The molecule has 3 aliphatic carbocycles. The van der Waals surface area contributed by atoms with Crippen LogP contribution in [0.15, 0.2) is 23.8 Å². The minimum absolute atomic E-state index is 0.0792. The zero-order chi connectivity index (χ0) is 25.1. The number of hydrogen-bond acceptors (Lipinski definition) is 3. The SMILES string of the molecule is C=CC(O)C12OCC(C(C)CCCC(C)C)C1(C)CCC1=C2CCC2C1(C)CCC(O)C2(C)C. The summed E-state index contributed by atoms with van der Waals surface area (Å²) < 4.78 is 6.90. The van der Waals surface area contributed by atoms with Crippen LogP contribution in [0.5, 0.6) is 0 Å². The van der Waals surface area contributed by atoms with Crippen LogP contribution in [0.2, 0.25) is 0 Å². The third kappa shape index (κ3) is 3.62. The molecule has 0 bridgehead atoms. The van der Waals surface area contributed by atoms with Crippen molar-refractivity contribution in [1.82, 2.24) is 0 Å². The summed E-state index contributed by atoms with van der Waals surface area (Å²) in [5, 5.41) is 22.5. The second kappa shape index (κ2) is 9.03. The molecule has 1 saturated carbocycles. The number of rotatable bonds is 7. The Morgan fingerprint density at radius 1 is 1.03 bits per heavy atom. The normalized spacial score (nSPS) is 43.2. The summed E-state index contributed by atoms with van der Waals surface area (Å²) in [6.07, 6.45) is 10.7. The molecule has 2 N–H and O–H groups in total. The summed E-state index contributed by atoms with van der Waals surface area (Å²) in [5.41, 5.74) is 2.22. The van der Waals surface area contributed by atoms with Crippen LogP contribution < -0.4 is 0 Å². The van der Waals surface area contributed by atoms with Crippen molar-refractivity contribution < 1.29 is 14.9 Å². The van der Waals surface area contributed by atoms with Crippen molar-refractivity contribution in [2.24, 2.45) is 39.9 Å². The molecule has 3 heteroatoms. The molecule has 0 aromatic heterocycles. The molecule has 1 aliphatic heterocycles. The quantitative estimate of drug-likeness (QED) is 0.389. The van der Waals surface area contributed by atoms with Gasteiger partial charge < -0.3 is 14.9 Å². The molecule has 0 amide bonds. The maximum Gasteiger partial charge on any atom is 0.124 e. The van der Waals surface area contributed by atoms with E-state index >= 15 is 0 Å². The Kier molecular flexibility index (Phi) is 7.02. The molecule has 34 heavy (non-hydrogen) atoms. The molecule has 4 rings (SSSR count). The van der Waals surface area contributed by atoms with E-state index in [9.17, 15) is 10.2 Å². The first-order valence-corrected chi connectivity index (χ1v) is 14.2. The number of ether oxygens (including phenoxy) is 1. The third-order valence-electron chi connectivity index (χ3n) is 11.5. The summed E-state index contributed by atoms with van der Waals surface area (Å²) in [5.74, 6) is 2.26. The van der Waals surface area contributed by atoms with Gasteiger partial charge in [0.1, 0.15) is 11.7 Å². The minimum atomic E-state index is -0.682. The molecule has 1 saturated heterocycles. The summed E-state index contributed by atoms with van der Waals surface area (Å²) in [6, 6.07) is 0. The molecule has 8 unspecified atom stereocenters. The summed E-state index contributed by atoms with van der Waals surface area (Å²) in [6.45, 7) is 21.3. The van der Waals surface area contributed by atoms with E-state index in [0.29, 0.717) is 17.8 Å². The van der Waals surface area contributed by atoms with Crippen LogP contribution in [0.3, 0.4) is 0 Å². The third-order valence-corrected chi connectivity index (χ3v) is 11.5. The number of hydrogen-bond donors (Lipinski definition) is 2. The first-order chi connectivity index (χ1) is 15.9. The van der Waals surface area contributed by atoms with Gasteiger partial charge in [0.25, 0.3) is 0 Å². The average Bonchev–Trinajstić information content (AvgIpc) is 3.10. The van der Waals surface area contributed by atoms with Crippen molar-refractivity contribution in [3.05, 3.63) is 23.8 Å². The van der Waals surface area contributed by atoms with Crippen LogP contribution in [0.4, 0.5) is 0 Å². The van der Waals surface area contributed by atoms with Gasteiger partial charge in [-0.2, -0.15) is 0 Å². The lowest BCUT2D eigenvalue weighted by molar-refractivity contribution is -0.129. The van der Waals surface area contributed by atoms with Crippen molar-refractivity contribution in [3.8, 4) is 0 Å². The van der Waals surface area contributed by atoms with E-state index in [-0.39, 0.29) is 22.3 Å².